The molecule has 0 amide bonds. The van der Waals surface area contributed by atoms with Crippen LogP contribution in [0.15, 0.2) is 12.1 Å². The minimum Gasteiger partial charge on any atom is -0.493 e. The summed E-state index contributed by atoms with van der Waals surface area (Å²) in [5.74, 6) is 4.16. The Bertz CT molecular complexity index is 521. The Morgan fingerprint density at radius 2 is 1.54 bits per heavy atom. The first kappa shape index (κ1) is 17.4. The van der Waals surface area contributed by atoms with Crippen LogP contribution in [-0.4, -0.2) is 27.4 Å². The molecule has 0 unspecified atom stereocenters. The zero-order valence-electron chi connectivity index (χ0n) is 15.3. The maximum atomic E-state index is 5.46. The standard InChI is InChI=1S/C20H31NO3/c1-22-18-10-14(11-19(23-2)20(18)24-3)13-21-17-9-8-15-6-4-5-7-16(15)12-17/h10-11,15-17,21H,4-9,12-13H2,1-3H3/p+1/t15-,16-,17+/m1/s1. The van der Waals surface area contributed by atoms with Gasteiger partial charge in [0.2, 0.25) is 5.75 Å². The highest BCUT2D eigenvalue weighted by atomic mass is 16.5. The van der Waals surface area contributed by atoms with Crippen LogP contribution in [0.3, 0.4) is 0 Å². The molecule has 2 aliphatic carbocycles. The van der Waals surface area contributed by atoms with Crippen molar-refractivity contribution in [1.82, 2.24) is 0 Å². The lowest BCUT2D eigenvalue weighted by Gasteiger charge is -2.38. The zero-order chi connectivity index (χ0) is 16.9. The summed E-state index contributed by atoms with van der Waals surface area (Å²) in [6.45, 7) is 0.971. The van der Waals surface area contributed by atoms with Gasteiger partial charge in [-0.05, 0) is 43.2 Å². The highest BCUT2D eigenvalue weighted by molar-refractivity contribution is 5.53. The summed E-state index contributed by atoms with van der Waals surface area (Å²) < 4.78 is 16.3. The Morgan fingerprint density at radius 1 is 0.875 bits per heavy atom. The van der Waals surface area contributed by atoms with E-state index in [2.05, 4.69) is 17.4 Å². The first-order valence-electron chi connectivity index (χ1n) is 9.37. The Labute approximate surface area is 145 Å². The van der Waals surface area contributed by atoms with Crippen LogP contribution in [0.4, 0.5) is 0 Å². The lowest BCUT2D eigenvalue weighted by Crippen LogP contribution is -2.89. The van der Waals surface area contributed by atoms with E-state index in [1.54, 1.807) is 21.3 Å². The second-order valence-electron chi connectivity index (χ2n) is 7.35. The smallest absolute Gasteiger partial charge is 0.203 e. The van der Waals surface area contributed by atoms with Crippen molar-refractivity contribution in [2.24, 2.45) is 11.8 Å². The quantitative estimate of drug-likeness (QED) is 0.869. The van der Waals surface area contributed by atoms with Gasteiger partial charge in [-0.3, -0.25) is 0 Å². The minimum atomic E-state index is 0.673. The molecule has 1 aromatic rings. The van der Waals surface area contributed by atoms with E-state index in [-0.39, 0.29) is 0 Å². The van der Waals surface area contributed by atoms with Gasteiger partial charge in [-0.1, -0.05) is 19.3 Å². The van der Waals surface area contributed by atoms with Crippen molar-refractivity contribution < 1.29 is 19.5 Å². The molecule has 0 radical (unpaired) electrons. The van der Waals surface area contributed by atoms with E-state index in [1.165, 1.54) is 50.5 Å². The molecule has 4 nitrogen and oxygen atoms in total. The second kappa shape index (κ2) is 8.11. The Balaban J connectivity index is 1.62. The van der Waals surface area contributed by atoms with Gasteiger partial charge < -0.3 is 19.5 Å². The molecule has 2 N–H and O–H groups in total. The Kier molecular flexibility index (Phi) is 5.88. The number of fused-ring (bicyclic) bond motifs is 1. The van der Waals surface area contributed by atoms with Crippen molar-refractivity contribution in [2.75, 3.05) is 21.3 Å². The fourth-order valence-electron chi connectivity index (χ4n) is 4.68. The van der Waals surface area contributed by atoms with Crippen molar-refractivity contribution in [1.29, 1.82) is 0 Å². The third kappa shape index (κ3) is 3.80. The summed E-state index contributed by atoms with van der Waals surface area (Å²) in [6.07, 6.45) is 10.0. The number of methoxy groups -OCH3 is 3. The maximum absolute atomic E-state index is 5.46. The molecule has 0 aliphatic heterocycles. The molecule has 0 aromatic heterocycles. The highest BCUT2D eigenvalue weighted by Crippen LogP contribution is 2.40. The summed E-state index contributed by atoms with van der Waals surface area (Å²) in [7, 11) is 5.00. The number of hydrogen-bond acceptors (Lipinski definition) is 3. The van der Waals surface area contributed by atoms with E-state index in [4.69, 9.17) is 14.2 Å². The van der Waals surface area contributed by atoms with E-state index in [1.807, 2.05) is 0 Å². The van der Waals surface area contributed by atoms with Crippen LogP contribution < -0.4 is 19.5 Å². The van der Waals surface area contributed by atoms with Gasteiger partial charge in [-0.15, -0.1) is 0 Å². The Morgan fingerprint density at radius 3 is 2.17 bits per heavy atom. The summed E-state index contributed by atoms with van der Waals surface area (Å²) in [5.41, 5.74) is 1.23. The molecular formula is C20H32NO3+. The second-order valence-corrected chi connectivity index (χ2v) is 7.35. The first-order valence-corrected chi connectivity index (χ1v) is 9.37. The number of hydrogen-bond donors (Lipinski definition) is 1. The normalized spacial score (nSPS) is 26.5. The average molecular weight is 334 g/mol. The molecule has 4 heteroatoms. The molecule has 2 aliphatic rings. The highest BCUT2D eigenvalue weighted by Gasteiger charge is 2.33. The third-order valence-corrected chi connectivity index (χ3v) is 5.99. The van der Waals surface area contributed by atoms with Gasteiger partial charge in [-0.2, -0.15) is 0 Å². The third-order valence-electron chi connectivity index (χ3n) is 5.99. The van der Waals surface area contributed by atoms with E-state index in [0.717, 1.165) is 35.9 Å². The van der Waals surface area contributed by atoms with Gasteiger partial charge in [0.1, 0.15) is 6.54 Å². The fourth-order valence-corrected chi connectivity index (χ4v) is 4.68. The zero-order valence-corrected chi connectivity index (χ0v) is 15.3. The number of nitrogens with two attached hydrogens (primary N) is 1. The maximum Gasteiger partial charge on any atom is 0.203 e. The molecule has 3 rings (SSSR count). The summed E-state index contributed by atoms with van der Waals surface area (Å²) in [5, 5.41) is 2.52. The van der Waals surface area contributed by atoms with Gasteiger partial charge in [-0.25, -0.2) is 0 Å². The first-order chi connectivity index (χ1) is 11.7. The van der Waals surface area contributed by atoms with Crippen LogP contribution in [0.25, 0.3) is 0 Å². The van der Waals surface area contributed by atoms with Crippen LogP contribution in [0, 0.1) is 11.8 Å². The van der Waals surface area contributed by atoms with Gasteiger partial charge in [0.25, 0.3) is 0 Å². The largest absolute Gasteiger partial charge is 0.493 e. The molecule has 0 bridgehead atoms. The predicted octanol–water partition coefficient (Wildman–Crippen LogP) is 3.13. The molecule has 0 heterocycles. The van der Waals surface area contributed by atoms with Crippen LogP contribution in [0.5, 0.6) is 17.2 Å². The molecule has 24 heavy (non-hydrogen) atoms. The van der Waals surface area contributed by atoms with Gasteiger partial charge in [0, 0.05) is 12.0 Å². The fraction of sp³-hybridized carbons (Fsp3) is 0.700. The van der Waals surface area contributed by atoms with Crippen molar-refractivity contribution in [3.8, 4) is 17.2 Å². The molecular weight excluding hydrogens is 302 g/mol. The van der Waals surface area contributed by atoms with Crippen molar-refractivity contribution >= 4 is 0 Å². The molecule has 2 fully saturated rings. The number of ether oxygens (including phenoxy) is 3. The van der Waals surface area contributed by atoms with Crippen molar-refractivity contribution in [2.45, 2.75) is 57.5 Å². The minimum absolute atomic E-state index is 0.673. The number of quaternary nitrogens is 1. The molecule has 0 spiro atoms. The number of benzene rings is 1. The summed E-state index contributed by atoms with van der Waals surface area (Å²) in [4.78, 5) is 0. The molecule has 3 atom stereocenters. The van der Waals surface area contributed by atoms with Crippen molar-refractivity contribution in [3.63, 3.8) is 0 Å². The van der Waals surface area contributed by atoms with E-state index >= 15 is 0 Å². The Hall–Kier alpha value is -1.42. The van der Waals surface area contributed by atoms with Gasteiger partial charge in [0.05, 0.1) is 27.4 Å². The van der Waals surface area contributed by atoms with Gasteiger partial charge in [0.15, 0.2) is 11.5 Å². The lowest BCUT2D eigenvalue weighted by atomic mass is 9.69. The lowest BCUT2D eigenvalue weighted by molar-refractivity contribution is -0.708. The molecule has 1 aromatic carbocycles. The SMILES string of the molecule is COc1cc(C[NH2+][C@H]2CC[C@H]3CCCC[C@@H]3C2)cc(OC)c1OC. The van der Waals surface area contributed by atoms with Crippen LogP contribution in [0.1, 0.15) is 50.5 Å². The number of rotatable bonds is 6. The molecule has 134 valence electrons. The predicted molar refractivity (Wildman–Crippen MR) is 94.8 cm³/mol. The van der Waals surface area contributed by atoms with E-state index in [0.29, 0.717) is 5.75 Å². The molecule has 2 saturated carbocycles. The average Bonchev–Trinajstić information content (AvgIpc) is 2.65. The summed E-state index contributed by atoms with van der Waals surface area (Å²) >= 11 is 0. The van der Waals surface area contributed by atoms with Crippen LogP contribution in [0.2, 0.25) is 0 Å². The van der Waals surface area contributed by atoms with E-state index < -0.39 is 0 Å². The van der Waals surface area contributed by atoms with Crippen LogP contribution in [-0.2, 0) is 6.54 Å². The van der Waals surface area contributed by atoms with Crippen LogP contribution >= 0.6 is 0 Å². The van der Waals surface area contributed by atoms with Crippen molar-refractivity contribution in [3.05, 3.63) is 17.7 Å². The topological polar surface area (TPSA) is 44.3 Å². The monoisotopic (exact) mass is 334 g/mol. The van der Waals surface area contributed by atoms with Gasteiger partial charge >= 0.3 is 0 Å². The van der Waals surface area contributed by atoms with E-state index in [9.17, 15) is 0 Å². The summed E-state index contributed by atoms with van der Waals surface area (Å²) in [6, 6.07) is 4.91. The molecule has 0 saturated heterocycles.